The number of piperidine rings is 1. The van der Waals surface area contributed by atoms with Gasteiger partial charge < -0.3 is 9.30 Å². The zero-order valence-electron chi connectivity index (χ0n) is 16.8. The molecule has 1 aliphatic heterocycles. The molecule has 1 N–H and O–H groups in total. The number of rotatable bonds is 4. The Kier molecular flexibility index (Phi) is 4.98. The van der Waals surface area contributed by atoms with E-state index < -0.39 is 5.92 Å². The summed E-state index contributed by atoms with van der Waals surface area (Å²) in [6.45, 7) is 0. The zero-order valence-corrected chi connectivity index (χ0v) is 18.4. The summed E-state index contributed by atoms with van der Waals surface area (Å²) in [5.41, 5.74) is 2.74. The Labute approximate surface area is 187 Å². The molecule has 2 unspecified atom stereocenters. The number of nitrogens with zero attached hydrogens (tertiary/aromatic N) is 2. The van der Waals surface area contributed by atoms with Crippen LogP contribution in [0, 0.1) is 5.92 Å². The van der Waals surface area contributed by atoms with Gasteiger partial charge in [0.15, 0.2) is 0 Å². The lowest BCUT2D eigenvalue weighted by Crippen LogP contribution is -2.44. The second-order valence-corrected chi connectivity index (χ2v) is 8.60. The lowest BCUT2D eigenvalue weighted by atomic mass is 9.86. The Hall–Kier alpha value is -3.19. The lowest BCUT2D eigenvalue weighted by molar-refractivity contribution is -0.137. The monoisotopic (exact) mass is 477 g/mol. The number of fused-ring (bicyclic) bond motifs is 3. The third-order valence-corrected chi connectivity index (χ3v) is 6.42. The largest absolute Gasteiger partial charge is 0.497 e. The molecule has 6 nitrogen and oxygen atoms in total. The Balaban J connectivity index is 1.80. The molecule has 7 heteroatoms. The molecular formula is C24H20BrN3O3. The number of amides is 2. The van der Waals surface area contributed by atoms with Gasteiger partial charge in [0, 0.05) is 27.9 Å². The Morgan fingerprint density at radius 2 is 1.94 bits per heavy atom. The number of methoxy groups -OCH3 is 1. The fourth-order valence-electron chi connectivity index (χ4n) is 4.50. The molecule has 2 amide bonds. The highest BCUT2D eigenvalue weighted by molar-refractivity contribution is 9.10. The summed E-state index contributed by atoms with van der Waals surface area (Å²) in [6, 6.07) is 17.5. The molecule has 2 atom stereocenters. The van der Waals surface area contributed by atoms with Crippen LogP contribution in [0.2, 0.25) is 0 Å². The highest BCUT2D eigenvalue weighted by Gasteiger charge is 2.37. The molecule has 31 heavy (non-hydrogen) atoms. The summed E-state index contributed by atoms with van der Waals surface area (Å²) in [6.07, 6.45) is 2.56. The molecule has 1 aliphatic rings. The van der Waals surface area contributed by atoms with Crippen molar-refractivity contribution < 1.29 is 14.3 Å². The van der Waals surface area contributed by atoms with E-state index in [-0.39, 0.29) is 17.9 Å². The molecule has 0 radical (unpaired) electrons. The van der Waals surface area contributed by atoms with E-state index in [9.17, 15) is 9.59 Å². The molecule has 1 saturated heterocycles. The topological polar surface area (TPSA) is 73.2 Å². The normalized spacial score (nSPS) is 17.7. The van der Waals surface area contributed by atoms with E-state index in [2.05, 4.69) is 42.9 Å². The number of aromatic nitrogens is 2. The van der Waals surface area contributed by atoms with Crippen molar-refractivity contribution in [2.45, 2.75) is 18.9 Å². The number of carbonyl (C=O) groups excluding carboxylic acids is 2. The number of hydrogen-bond acceptors (Lipinski definition) is 4. The zero-order chi connectivity index (χ0) is 21.5. The van der Waals surface area contributed by atoms with Gasteiger partial charge in [0.05, 0.1) is 24.6 Å². The molecule has 4 aromatic rings. The van der Waals surface area contributed by atoms with E-state index in [1.807, 2.05) is 42.5 Å². The molecule has 0 saturated carbocycles. The Morgan fingerprint density at radius 3 is 2.68 bits per heavy atom. The molecule has 0 spiro atoms. The van der Waals surface area contributed by atoms with Gasteiger partial charge in [0.2, 0.25) is 11.8 Å². The van der Waals surface area contributed by atoms with E-state index in [0.717, 1.165) is 37.7 Å². The van der Waals surface area contributed by atoms with Crippen molar-refractivity contribution in [2.24, 2.45) is 5.92 Å². The van der Waals surface area contributed by atoms with Crippen LogP contribution in [0.25, 0.3) is 21.9 Å². The summed E-state index contributed by atoms with van der Waals surface area (Å²) in [7, 11) is 1.63. The van der Waals surface area contributed by atoms with E-state index in [1.54, 1.807) is 13.3 Å². The van der Waals surface area contributed by atoms with Gasteiger partial charge in [-0.25, -0.2) is 4.98 Å². The number of carbonyl (C=O) groups is 2. The third-order valence-electron chi connectivity index (χ3n) is 5.92. The molecular weight excluding hydrogens is 458 g/mol. The fraction of sp³-hybridized carbons (Fsp3) is 0.208. The average molecular weight is 478 g/mol. The van der Waals surface area contributed by atoms with E-state index in [4.69, 9.17) is 4.74 Å². The second-order valence-electron chi connectivity index (χ2n) is 7.68. The van der Waals surface area contributed by atoms with E-state index in [0.29, 0.717) is 12.8 Å². The van der Waals surface area contributed by atoms with Crippen molar-refractivity contribution in [3.8, 4) is 5.75 Å². The average Bonchev–Trinajstić information content (AvgIpc) is 3.09. The molecule has 3 heterocycles. The first-order valence-electron chi connectivity index (χ1n) is 10.1. The number of hydrogen-bond donors (Lipinski definition) is 1. The predicted molar refractivity (Wildman–Crippen MR) is 122 cm³/mol. The van der Waals surface area contributed by atoms with Crippen molar-refractivity contribution >= 4 is 49.7 Å². The first kappa shape index (κ1) is 19.8. The molecule has 0 bridgehead atoms. The summed E-state index contributed by atoms with van der Waals surface area (Å²) in [5, 5.41) is 4.62. The summed E-state index contributed by atoms with van der Waals surface area (Å²) < 4.78 is 8.41. The maximum absolute atomic E-state index is 13.0. The minimum absolute atomic E-state index is 0.224. The van der Waals surface area contributed by atoms with Crippen LogP contribution < -0.4 is 10.1 Å². The standard InChI is InChI=1S/C24H20BrN3O3/c1-31-16-7-4-14(5-8-16)22(19-10-11-21(29)27-24(19)30)28-20-13-15(25)6-9-17(20)18-3-2-12-26-23(18)28/h2-9,12-13,19,22H,10-11H2,1H3,(H,27,29,30). The summed E-state index contributed by atoms with van der Waals surface area (Å²) >= 11 is 3.59. The lowest BCUT2D eigenvalue weighted by Gasteiger charge is -2.31. The number of nitrogens with one attached hydrogen (secondary N) is 1. The van der Waals surface area contributed by atoms with Crippen LogP contribution in [0.15, 0.2) is 65.3 Å². The van der Waals surface area contributed by atoms with Crippen molar-refractivity contribution in [1.29, 1.82) is 0 Å². The second kappa shape index (κ2) is 7.81. The minimum Gasteiger partial charge on any atom is -0.497 e. The maximum Gasteiger partial charge on any atom is 0.232 e. The van der Waals surface area contributed by atoms with Crippen molar-refractivity contribution in [1.82, 2.24) is 14.9 Å². The van der Waals surface area contributed by atoms with Crippen molar-refractivity contribution in [2.75, 3.05) is 7.11 Å². The van der Waals surface area contributed by atoms with Crippen molar-refractivity contribution in [3.05, 3.63) is 70.8 Å². The van der Waals surface area contributed by atoms with Crippen LogP contribution in [0.1, 0.15) is 24.4 Å². The highest BCUT2D eigenvalue weighted by Crippen LogP contribution is 2.40. The van der Waals surface area contributed by atoms with Crippen LogP contribution in [0.3, 0.4) is 0 Å². The van der Waals surface area contributed by atoms with E-state index in [1.165, 1.54) is 0 Å². The first-order chi connectivity index (χ1) is 15.1. The molecule has 2 aromatic heterocycles. The summed E-state index contributed by atoms with van der Waals surface area (Å²) in [5.74, 6) is -0.143. The quantitative estimate of drug-likeness (QED) is 0.435. The molecule has 5 rings (SSSR count). The van der Waals surface area contributed by atoms with Gasteiger partial charge in [0.1, 0.15) is 11.4 Å². The van der Waals surface area contributed by atoms with Crippen LogP contribution in [-0.4, -0.2) is 28.5 Å². The third kappa shape index (κ3) is 3.39. The van der Waals surface area contributed by atoms with Crippen LogP contribution in [0.4, 0.5) is 0 Å². The van der Waals surface area contributed by atoms with E-state index >= 15 is 0 Å². The fourth-order valence-corrected chi connectivity index (χ4v) is 4.85. The van der Waals surface area contributed by atoms with Gasteiger partial charge in [-0.2, -0.15) is 0 Å². The number of halogens is 1. The van der Waals surface area contributed by atoms with Crippen LogP contribution >= 0.6 is 15.9 Å². The number of benzene rings is 2. The molecule has 0 aliphatic carbocycles. The van der Waals surface area contributed by atoms with Gasteiger partial charge in [-0.3, -0.25) is 14.9 Å². The number of ether oxygens (including phenoxy) is 1. The van der Waals surface area contributed by atoms with Gasteiger partial charge in [-0.15, -0.1) is 0 Å². The van der Waals surface area contributed by atoms with Crippen LogP contribution in [-0.2, 0) is 9.59 Å². The van der Waals surface area contributed by atoms with Crippen molar-refractivity contribution in [3.63, 3.8) is 0 Å². The van der Waals surface area contributed by atoms with Gasteiger partial charge in [-0.05, 0) is 48.4 Å². The molecule has 1 fully saturated rings. The molecule has 156 valence electrons. The highest BCUT2D eigenvalue weighted by atomic mass is 79.9. The first-order valence-corrected chi connectivity index (χ1v) is 10.9. The summed E-state index contributed by atoms with van der Waals surface area (Å²) in [4.78, 5) is 29.5. The van der Waals surface area contributed by atoms with Gasteiger partial charge >= 0.3 is 0 Å². The Bertz CT molecular complexity index is 1310. The maximum atomic E-state index is 13.0. The predicted octanol–water partition coefficient (Wildman–Crippen LogP) is 4.60. The number of imide groups is 1. The SMILES string of the molecule is COc1ccc(C(C2CCC(=O)NC2=O)n2c3cc(Br)ccc3c3cccnc32)cc1. The Morgan fingerprint density at radius 1 is 1.13 bits per heavy atom. The molecule has 2 aromatic carbocycles. The number of pyridine rings is 1. The van der Waals surface area contributed by atoms with Gasteiger partial charge in [0.25, 0.3) is 0 Å². The van der Waals surface area contributed by atoms with Gasteiger partial charge in [-0.1, -0.05) is 34.1 Å². The van der Waals surface area contributed by atoms with Crippen LogP contribution in [0.5, 0.6) is 5.75 Å². The minimum atomic E-state index is -0.411. The smallest absolute Gasteiger partial charge is 0.232 e.